The fourth-order valence-electron chi connectivity index (χ4n) is 4.53. The Labute approximate surface area is 221 Å². The first-order valence-corrected chi connectivity index (χ1v) is 12.7. The van der Waals surface area contributed by atoms with Gasteiger partial charge in [0.05, 0.1) is 0 Å². The van der Waals surface area contributed by atoms with Crippen LogP contribution in [0.2, 0.25) is 0 Å². The number of rotatable bonds is 7. The summed E-state index contributed by atoms with van der Waals surface area (Å²) < 4.78 is 5.48. The number of fused-ring (bicyclic) bond motifs is 1. The Morgan fingerprint density at radius 2 is 1.71 bits per heavy atom. The number of piperidine rings is 1. The summed E-state index contributed by atoms with van der Waals surface area (Å²) in [5.74, 6) is -1.74. The standard InChI is InChI=1S/C29H33N3O6/c1-28(2,3)38-27(37)29(4,5)30-15-17-9-11-18(12-10-17)24(34)19-7-6-8-20-21(19)16-32(26(20)36)22-13-14-23(33)31-25(22)35/h6-12,22,30H,13-16H2,1-5H3,(H,31,33,35). The highest BCUT2D eigenvalue weighted by Gasteiger charge is 2.40. The third-order valence-electron chi connectivity index (χ3n) is 6.69. The van der Waals surface area contributed by atoms with Gasteiger partial charge in [-0.1, -0.05) is 36.4 Å². The van der Waals surface area contributed by atoms with Crippen LogP contribution in [0.15, 0.2) is 42.5 Å². The van der Waals surface area contributed by atoms with E-state index in [0.717, 1.165) is 5.56 Å². The summed E-state index contributed by atoms with van der Waals surface area (Å²) >= 11 is 0. The number of carbonyl (C=O) groups is 5. The van der Waals surface area contributed by atoms with Gasteiger partial charge in [-0.2, -0.15) is 0 Å². The van der Waals surface area contributed by atoms with Crippen LogP contribution in [0.1, 0.15) is 84.9 Å². The zero-order chi connectivity index (χ0) is 27.8. The summed E-state index contributed by atoms with van der Waals surface area (Å²) in [7, 11) is 0. The number of hydrogen-bond donors (Lipinski definition) is 2. The van der Waals surface area contributed by atoms with Crippen molar-refractivity contribution in [3.63, 3.8) is 0 Å². The van der Waals surface area contributed by atoms with Gasteiger partial charge >= 0.3 is 5.97 Å². The molecule has 2 heterocycles. The monoisotopic (exact) mass is 519 g/mol. The molecule has 2 aromatic rings. The zero-order valence-corrected chi connectivity index (χ0v) is 22.3. The molecule has 38 heavy (non-hydrogen) atoms. The molecule has 2 aliphatic heterocycles. The van der Waals surface area contributed by atoms with E-state index in [1.165, 1.54) is 4.90 Å². The minimum absolute atomic E-state index is 0.129. The summed E-state index contributed by atoms with van der Waals surface area (Å²) in [4.78, 5) is 64.3. The second-order valence-corrected chi connectivity index (χ2v) is 11.2. The van der Waals surface area contributed by atoms with Gasteiger partial charge in [-0.15, -0.1) is 0 Å². The van der Waals surface area contributed by atoms with Crippen LogP contribution in [0.4, 0.5) is 0 Å². The van der Waals surface area contributed by atoms with E-state index in [-0.39, 0.29) is 43.0 Å². The van der Waals surface area contributed by atoms with E-state index >= 15 is 0 Å². The molecule has 9 nitrogen and oxygen atoms in total. The number of amides is 3. The summed E-state index contributed by atoms with van der Waals surface area (Å²) in [5.41, 5.74) is 1.24. The van der Waals surface area contributed by atoms with Crippen LogP contribution >= 0.6 is 0 Å². The lowest BCUT2D eigenvalue weighted by Gasteiger charge is -2.29. The number of ether oxygens (including phenoxy) is 1. The minimum Gasteiger partial charge on any atom is -0.459 e. The highest BCUT2D eigenvalue weighted by molar-refractivity contribution is 6.13. The number of carbonyl (C=O) groups excluding carboxylic acids is 5. The molecule has 1 fully saturated rings. The minimum atomic E-state index is -0.896. The molecule has 2 N–H and O–H groups in total. The largest absolute Gasteiger partial charge is 0.459 e. The average Bonchev–Trinajstić information content (AvgIpc) is 3.18. The lowest BCUT2D eigenvalue weighted by atomic mass is 9.95. The predicted molar refractivity (Wildman–Crippen MR) is 139 cm³/mol. The fourth-order valence-corrected chi connectivity index (χ4v) is 4.53. The molecule has 2 aliphatic rings. The summed E-state index contributed by atoms with van der Waals surface area (Å²) in [6.45, 7) is 9.51. The van der Waals surface area contributed by atoms with Crippen molar-refractivity contribution in [3.8, 4) is 0 Å². The Kier molecular flexibility index (Phi) is 7.25. The van der Waals surface area contributed by atoms with E-state index in [2.05, 4.69) is 10.6 Å². The van der Waals surface area contributed by atoms with E-state index in [0.29, 0.717) is 28.8 Å². The Morgan fingerprint density at radius 3 is 2.34 bits per heavy atom. The molecular formula is C29H33N3O6. The zero-order valence-electron chi connectivity index (χ0n) is 22.3. The van der Waals surface area contributed by atoms with Gasteiger partial charge in [0.2, 0.25) is 11.8 Å². The molecule has 9 heteroatoms. The van der Waals surface area contributed by atoms with Crippen LogP contribution in [0.3, 0.4) is 0 Å². The molecule has 200 valence electrons. The van der Waals surface area contributed by atoms with Crippen LogP contribution in [0.5, 0.6) is 0 Å². The van der Waals surface area contributed by atoms with Crippen molar-refractivity contribution in [2.75, 3.05) is 0 Å². The summed E-state index contributed by atoms with van der Waals surface area (Å²) in [5, 5.41) is 5.49. The van der Waals surface area contributed by atoms with Gasteiger partial charge in [-0.3, -0.25) is 34.6 Å². The van der Waals surface area contributed by atoms with Crippen LogP contribution < -0.4 is 10.6 Å². The van der Waals surface area contributed by atoms with E-state index in [1.54, 1.807) is 44.2 Å². The number of ketones is 1. The van der Waals surface area contributed by atoms with Crippen molar-refractivity contribution in [1.82, 2.24) is 15.5 Å². The summed E-state index contributed by atoms with van der Waals surface area (Å²) in [6, 6.07) is 11.3. The number of imide groups is 1. The van der Waals surface area contributed by atoms with Crippen LogP contribution in [-0.4, -0.2) is 51.6 Å². The molecule has 1 saturated heterocycles. The second-order valence-electron chi connectivity index (χ2n) is 11.2. The maximum atomic E-state index is 13.4. The highest BCUT2D eigenvalue weighted by Crippen LogP contribution is 2.31. The van der Waals surface area contributed by atoms with Crippen molar-refractivity contribution in [2.24, 2.45) is 0 Å². The maximum Gasteiger partial charge on any atom is 0.326 e. The van der Waals surface area contributed by atoms with Crippen molar-refractivity contribution in [2.45, 2.75) is 77.7 Å². The smallest absolute Gasteiger partial charge is 0.326 e. The first-order valence-electron chi connectivity index (χ1n) is 12.7. The van der Waals surface area contributed by atoms with Crippen LogP contribution in [0.25, 0.3) is 0 Å². The molecule has 2 aromatic carbocycles. The molecule has 1 atom stereocenters. The third kappa shape index (κ3) is 5.67. The quantitative estimate of drug-likeness (QED) is 0.328. The van der Waals surface area contributed by atoms with Crippen molar-refractivity contribution >= 4 is 29.5 Å². The molecule has 0 bridgehead atoms. The van der Waals surface area contributed by atoms with E-state index in [1.807, 2.05) is 32.9 Å². The topological polar surface area (TPSA) is 122 Å². The van der Waals surface area contributed by atoms with Gasteiger partial charge in [0.25, 0.3) is 5.91 Å². The molecule has 0 aromatic heterocycles. The molecule has 3 amide bonds. The van der Waals surface area contributed by atoms with Crippen LogP contribution in [0, 0.1) is 0 Å². The first kappa shape index (κ1) is 27.2. The molecule has 0 saturated carbocycles. The first-order chi connectivity index (χ1) is 17.8. The van der Waals surface area contributed by atoms with Gasteiger partial charge in [-0.25, -0.2) is 0 Å². The van der Waals surface area contributed by atoms with Crippen molar-refractivity contribution in [1.29, 1.82) is 0 Å². The van der Waals surface area contributed by atoms with E-state index < -0.39 is 23.1 Å². The fraction of sp³-hybridized carbons (Fsp3) is 0.414. The molecule has 0 radical (unpaired) electrons. The SMILES string of the molecule is CC(C)(C)OC(=O)C(C)(C)NCc1ccc(C(=O)c2cccc3c2CN(C2CCC(=O)NC2=O)C3=O)cc1. The van der Waals surface area contributed by atoms with Gasteiger partial charge in [0, 0.05) is 36.2 Å². The van der Waals surface area contributed by atoms with E-state index in [4.69, 9.17) is 4.74 Å². The normalized spacial score (nSPS) is 17.8. The number of nitrogens with one attached hydrogen (secondary N) is 2. The maximum absolute atomic E-state index is 13.4. The number of nitrogens with zero attached hydrogens (tertiary/aromatic N) is 1. The van der Waals surface area contributed by atoms with Gasteiger partial charge in [0.15, 0.2) is 5.78 Å². The predicted octanol–water partition coefficient (Wildman–Crippen LogP) is 2.89. The van der Waals surface area contributed by atoms with Crippen molar-refractivity contribution in [3.05, 3.63) is 70.3 Å². The van der Waals surface area contributed by atoms with Crippen molar-refractivity contribution < 1.29 is 28.7 Å². The molecule has 0 spiro atoms. The van der Waals surface area contributed by atoms with Crippen LogP contribution in [-0.2, 0) is 32.2 Å². The number of benzene rings is 2. The molecular weight excluding hydrogens is 486 g/mol. The third-order valence-corrected chi connectivity index (χ3v) is 6.69. The van der Waals surface area contributed by atoms with Gasteiger partial charge < -0.3 is 9.64 Å². The second kappa shape index (κ2) is 10.1. The van der Waals surface area contributed by atoms with Gasteiger partial charge in [-0.05, 0) is 58.2 Å². The lowest BCUT2D eigenvalue weighted by molar-refractivity contribution is -0.161. The number of esters is 1. The lowest BCUT2D eigenvalue weighted by Crippen LogP contribution is -2.52. The summed E-state index contributed by atoms with van der Waals surface area (Å²) in [6.07, 6.45) is 0.423. The van der Waals surface area contributed by atoms with Gasteiger partial charge in [0.1, 0.15) is 17.2 Å². The Morgan fingerprint density at radius 1 is 1.03 bits per heavy atom. The average molecular weight is 520 g/mol. The highest BCUT2D eigenvalue weighted by atomic mass is 16.6. The molecule has 0 aliphatic carbocycles. The molecule has 1 unspecified atom stereocenters. The Hall–Kier alpha value is -3.85. The Balaban J connectivity index is 1.46. The Bertz CT molecular complexity index is 1310. The van der Waals surface area contributed by atoms with E-state index in [9.17, 15) is 24.0 Å². The number of hydrogen-bond acceptors (Lipinski definition) is 7. The molecule has 4 rings (SSSR count).